The summed E-state index contributed by atoms with van der Waals surface area (Å²) >= 11 is 1.57. The SMILES string of the molecule is CCN(C(=O)CN1C(=O)CC(c2cccs2)=Nc2cc(C)c(C)cc21)c1ccccc1. The Morgan fingerprint density at radius 1 is 1.10 bits per heavy atom. The Balaban J connectivity index is 1.72. The van der Waals surface area contributed by atoms with Crippen LogP contribution in [0.5, 0.6) is 0 Å². The van der Waals surface area contributed by atoms with Crippen molar-refractivity contribution in [3.8, 4) is 0 Å². The normalized spacial score (nSPS) is 13.5. The minimum Gasteiger partial charge on any atom is -0.311 e. The summed E-state index contributed by atoms with van der Waals surface area (Å²) in [5.41, 5.74) is 5.16. The second-order valence-electron chi connectivity index (χ2n) is 7.59. The van der Waals surface area contributed by atoms with Gasteiger partial charge in [-0.15, -0.1) is 11.3 Å². The van der Waals surface area contributed by atoms with Crippen molar-refractivity contribution in [2.24, 2.45) is 4.99 Å². The fourth-order valence-corrected chi connectivity index (χ4v) is 4.45. The highest BCUT2D eigenvalue weighted by molar-refractivity contribution is 7.12. The first-order valence-corrected chi connectivity index (χ1v) is 11.2. The number of carbonyl (C=O) groups is 2. The number of thiophene rings is 1. The molecular formula is C25H25N3O2S. The van der Waals surface area contributed by atoms with Gasteiger partial charge in [-0.2, -0.15) is 0 Å². The summed E-state index contributed by atoms with van der Waals surface area (Å²) in [5.74, 6) is -0.239. The number of amides is 2. The summed E-state index contributed by atoms with van der Waals surface area (Å²) in [5, 5.41) is 1.98. The average Bonchev–Trinajstić information content (AvgIpc) is 3.26. The molecule has 1 aliphatic heterocycles. The van der Waals surface area contributed by atoms with E-state index in [-0.39, 0.29) is 24.8 Å². The van der Waals surface area contributed by atoms with E-state index in [0.717, 1.165) is 33.1 Å². The van der Waals surface area contributed by atoms with Gasteiger partial charge in [-0.05, 0) is 67.6 Å². The minimum atomic E-state index is -0.120. The van der Waals surface area contributed by atoms with Crippen LogP contribution in [-0.4, -0.2) is 30.6 Å². The van der Waals surface area contributed by atoms with Gasteiger partial charge in [0.1, 0.15) is 6.54 Å². The zero-order valence-corrected chi connectivity index (χ0v) is 18.8. The molecule has 0 saturated carbocycles. The molecule has 0 fully saturated rings. The molecule has 2 amide bonds. The summed E-state index contributed by atoms with van der Waals surface area (Å²) in [6.45, 7) is 6.49. The maximum absolute atomic E-state index is 13.3. The van der Waals surface area contributed by atoms with E-state index in [0.29, 0.717) is 12.2 Å². The largest absolute Gasteiger partial charge is 0.311 e. The van der Waals surface area contributed by atoms with Gasteiger partial charge in [0.25, 0.3) is 0 Å². The quantitative estimate of drug-likeness (QED) is 0.552. The van der Waals surface area contributed by atoms with Crippen molar-refractivity contribution in [2.75, 3.05) is 22.9 Å². The zero-order valence-electron chi connectivity index (χ0n) is 18.0. The van der Waals surface area contributed by atoms with Crippen molar-refractivity contribution < 1.29 is 9.59 Å². The Hall–Kier alpha value is -3.25. The van der Waals surface area contributed by atoms with Crippen molar-refractivity contribution in [3.63, 3.8) is 0 Å². The molecule has 0 atom stereocenters. The summed E-state index contributed by atoms with van der Waals surface area (Å²) in [6.07, 6.45) is 0.165. The third-order valence-corrected chi connectivity index (χ3v) is 6.46. The third-order valence-electron chi connectivity index (χ3n) is 5.54. The fraction of sp³-hybridized carbons (Fsp3) is 0.240. The number of fused-ring (bicyclic) bond motifs is 1. The number of hydrogen-bond acceptors (Lipinski definition) is 4. The number of aliphatic imine (C=N–C) groups is 1. The van der Waals surface area contributed by atoms with Crippen LogP contribution in [0, 0.1) is 13.8 Å². The second-order valence-corrected chi connectivity index (χ2v) is 8.54. The van der Waals surface area contributed by atoms with Crippen LogP contribution in [0.15, 0.2) is 65.0 Å². The summed E-state index contributed by atoms with van der Waals surface area (Å²) < 4.78 is 0. The number of carbonyl (C=O) groups excluding carboxylic acids is 2. The lowest BCUT2D eigenvalue weighted by molar-refractivity contribution is -0.121. The molecule has 5 nitrogen and oxygen atoms in total. The maximum Gasteiger partial charge on any atom is 0.247 e. The average molecular weight is 432 g/mol. The number of rotatable bonds is 5. The molecule has 1 aromatic heterocycles. The van der Waals surface area contributed by atoms with E-state index in [1.54, 1.807) is 21.1 Å². The molecule has 0 spiro atoms. The van der Waals surface area contributed by atoms with Crippen molar-refractivity contribution in [2.45, 2.75) is 27.2 Å². The molecule has 0 radical (unpaired) electrons. The molecule has 31 heavy (non-hydrogen) atoms. The molecule has 4 rings (SSSR count). The Morgan fingerprint density at radius 2 is 1.84 bits per heavy atom. The highest BCUT2D eigenvalue weighted by atomic mass is 32.1. The van der Waals surface area contributed by atoms with Crippen molar-refractivity contribution >= 4 is 45.9 Å². The standard InChI is InChI=1S/C25H25N3O2S/c1-4-27(19-9-6-5-7-10-19)25(30)16-28-22-14-18(3)17(2)13-20(22)26-21(15-24(28)29)23-11-8-12-31-23/h5-14H,4,15-16H2,1-3H3. The Bertz CT molecular complexity index is 1140. The number of benzene rings is 2. The van der Waals surface area contributed by atoms with Gasteiger partial charge < -0.3 is 9.80 Å². The molecule has 1 aliphatic rings. The molecule has 0 aliphatic carbocycles. The number of nitrogens with zero attached hydrogens (tertiary/aromatic N) is 3. The van der Waals surface area contributed by atoms with Crippen LogP contribution in [0.2, 0.25) is 0 Å². The summed E-state index contributed by atoms with van der Waals surface area (Å²) in [6, 6.07) is 17.5. The Kier molecular flexibility index (Phi) is 6.00. The molecule has 2 aromatic carbocycles. The van der Waals surface area contributed by atoms with Crippen molar-refractivity contribution in [1.29, 1.82) is 0 Å². The minimum absolute atomic E-state index is 0.0235. The van der Waals surface area contributed by atoms with Gasteiger partial charge >= 0.3 is 0 Å². The fourth-order valence-electron chi connectivity index (χ4n) is 3.74. The lowest BCUT2D eigenvalue weighted by Gasteiger charge is -2.27. The highest BCUT2D eigenvalue weighted by Crippen LogP contribution is 2.36. The van der Waals surface area contributed by atoms with Gasteiger partial charge in [0.05, 0.1) is 23.5 Å². The number of aryl methyl sites for hydroxylation is 2. The lowest BCUT2D eigenvalue weighted by atomic mass is 10.1. The van der Waals surface area contributed by atoms with E-state index >= 15 is 0 Å². The van der Waals surface area contributed by atoms with Crippen LogP contribution in [0.1, 0.15) is 29.3 Å². The zero-order chi connectivity index (χ0) is 22.0. The van der Waals surface area contributed by atoms with E-state index in [9.17, 15) is 9.59 Å². The second kappa shape index (κ2) is 8.86. The van der Waals surface area contributed by atoms with E-state index < -0.39 is 0 Å². The van der Waals surface area contributed by atoms with Gasteiger partial charge in [0.2, 0.25) is 11.8 Å². The Morgan fingerprint density at radius 3 is 2.52 bits per heavy atom. The van der Waals surface area contributed by atoms with Crippen LogP contribution in [0.4, 0.5) is 17.1 Å². The number of anilines is 2. The Labute approximate surface area is 186 Å². The van der Waals surface area contributed by atoms with E-state index in [1.807, 2.05) is 80.7 Å². The van der Waals surface area contributed by atoms with Crippen LogP contribution >= 0.6 is 11.3 Å². The molecule has 0 saturated heterocycles. The van der Waals surface area contributed by atoms with Crippen LogP contribution in [-0.2, 0) is 9.59 Å². The summed E-state index contributed by atoms with van der Waals surface area (Å²) in [4.78, 5) is 35.7. The van der Waals surface area contributed by atoms with Gasteiger partial charge in [-0.25, -0.2) is 4.99 Å². The predicted octanol–water partition coefficient (Wildman–Crippen LogP) is 5.28. The van der Waals surface area contributed by atoms with E-state index in [1.165, 1.54) is 0 Å². The molecule has 0 N–H and O–H groups in total. The number of para-hydroxylation sites is 1. The van der Waals surface area contributed by atoms with Gasteiger partial charge in [0, 0.05) is 17.1 Å². The molecule has 158 valence electrons. The molecule has 0 unspecified atom stereocenters. The topological polar surface area (TPSA) is 53.0 Å². The summed E-state index contributed by atoms with van der Waals surface area (Å²) in [7, 11) is 0. The molecule has 3 aromatic rings. The van der Waals surface area contributed by atoms with E-state index in [4.69, 9.17) is 4.99 Å². The van der Waals surface area contributed by atoms with Gasteiger partial charge in [-0.3, -0.25) is 9.59 Å². The molecule has 6 heteroatoms. The molecule has 0 bridgehead atoms. The monoisotopic (exact) mass is 431 g/mol. The van der Waals surface area contributed by atoms with Crippen molar-refractivity contribution in [3.05, 3.63) is 76.0 Å². The first-order valence-electron chi connectivity index (χ1n) is 10.4. The third kappa shape index (κ3) is 4.30. The lowest BCUT2D eigenvalue weighted by Crippen LogP contribution is -2.43. The van der Waals surface area contributed by atoms with Crippen LogP contribution < -0.4 is 9.80 Å². The molecular weight excluding hydrogens is 406 g/mol. The smallest absolute Gasteiger partial charge is 0.247 e. The maximum atomic E-state index is 13.3. The highest BCUT2D eigenvalue weighted by Gasteiger charge is 2.29. The predicted molar refractivity (Wildman–Crippen MR) is 128 cm³/mol. The number of hydrogen-bond donors (Lipinski definition) is 0. The van der Waals surface area contributed by atoms with Gasteiger partial charge in [0.15, 0.2) is 0 Å². The molecule has 2 heterocycles. The van der Waals surface area contributed by atoms with Gasteiger partial charge in [-0.1, -0.05) is 24.3 Å². The van der Waals surface area contributed by atoms with Crippen molar-refractivity contribution in [1.82, 2.24) is 0 Å². The van der Waals surface area contributed by atoms with Crippen LogP contribution in [0.25, 0.3) is 0 Å². The van der Waals surface area contributed by atoms with E-state index in [2.05, 4.69) is 0 Å². The first-order chi connectivity index (χ1) is 15.0. The van der Waals surface area contributed by atoms with Crippen LogP contribution in [0.3, 0.4) is 0 Å². The first kappa shape index (κ1) is 21.0. The number of likely N-dealkylation sites (N-methyl/N-ethyl adjacent to an activating group) is 1.